The van der Waals surface area contributed by atoms with Crippen LogP contribution in [0.1, 0.15) is 18.1 Å². The molecule has 6 heteroatoms. The van der Waals surface area contributed by atoms with Crippen LogP contribution >= 0.6 is 0 Å². The first-order chi connectivity index (χ1) is 14.0. The van der Waals surface area contributed by atoms with Gasteiger partial charge in [-0.1, -0.05) is 66.7 Å². The van der Waals surface area contributed by atoms with Crippen LogP contribution in [0, 0.1) is 0 Å². The molecule has 0 saturated carbocycles. The lowest BCUT2D eigenvalue weighted by Crippen LogP contribution is -2.40. The summed E-state index contributed by atoms with van der Waals surface area (Å²) in [6.45, 7) is 1.85. The summed E-state index contributed by atoms with van der Waals surface area (Å²) in [5, 5.41) is 13.4. The Morgan fingerprint density at radius 2 is 1.66 bits per heavy atom. The van der Waals surface area contributed by atoms with Crippen LogP contribution in [0.3, 0.4) is 0 Å². The first-order valence-electron chi connectivity index (χ1n) is 9.28. The third-order valence-corrected chi connectivity index (χ3v) is 3.89. The van der Waals surface area contributed by atoms with Gasteiger partial charge in [-0.25, -0.2) is 9.59 Å². The molecule has 0 spiro atoms. The van der Waals surface area contributed by atoms with Crippen LogP contribution in [0.4, 0.5) is 4.79 Å². The molecule has 152 valence electrons. The third kappa shape index (κ3) is 8.45. The molecule has 2 N–H and O–H groups in total. The lowest BCUT2D eigenvalue weighted by atomic mass is 10.0. The fraction of sp³-hybridized carbons (Fsp3) is 0.217. The van der Waals surface area contributed by atoms with E-state index in [2.05, 4.69) is 5.32 Å². The second-order valence-corrected chi connectivity index (χ2v) is 6.24. The minimum Gasteiger partial charge on any atom is -0.463 e. The Bertz CT molecular complexity index is 833. The minimum absolute atomic E-state index is 0.115. The largest absolute Gasteiger partial charge is 0.463 e. The Hall–Kier alpha value is -3.38. The van der Waals surface area contributed by atoms with Crippen LogP contribution < -0.4 is 5.32 Å². The van der Waals surface area contributed by atoms with Gasteiger partial charge in [0.1, 0.15) is 12.2 Å². The van der Waals surface area contributed by atoms with Crippen molar-refractivity contribution in [3.05, 3.63) is 90.0 Å². The lowest BCUT2D eigenvalue weighted by molar-refractivity contribution is -0.137. The van der Waals surface area contributed by atoms with Crippen LogP contribution in [0.2, 0.25) is 0 Å². The van der Waals surface area contributed by atoms with Crippen molar-refractivity contribution in [3.8, 4) is 0 Å². The smallest absolute Gasteiger partial charge is 0.407 e. The summed E-state index contributed by atoms with van der Waals surface area (Å²) in [7, 11) is 0. The van der Waals surface area contributed by atoms with Gasteiger partial charge in [0.05, 0.1) is 13.2 Å². The van der Waals surface area contributed by atoms with E-state index in [1.807, 2.05) is 60.7 Å². The van der Waals surface area contributed by atoms with Gasteiger partial charge in [-0.3, -0.25) is 0 Å². The van der Waals surface area contributed by atoms with Crippen LogP contribution in [0.15, 0.2) is 78.9 Å². The van der Waals surface area contributed by atoms with Crippen molar-refractivity contribution in [1.82, 2.24) is 5.32 Å². The molecule has 29 heavy (non-hydrogen) atoms. The molecule has 0 bridgehead atoms. The molecule has 1 atom stereocenters. The van der Waals surface area contributed by atoms with E-state index in [0.717, 1.165) is 17.2 Å². The predicted octanol–water partition coefficient (Wildman–Crippen LogP) is 3.48. The average molecular weight is 395 g/mol. The quantitative estimate of drug-likeness (QED) is 0.502. The van der Waals surface area contributed by atoms with Gasteiger partial charge in [0.2, 0.25) is 0 Å². The Labute approximate surface area is 170 Å². The van der Waals surface area contributed by atoms with Crippen molar-refractivity contribution < 1.29 is 24.2 Å². The van der Waals surface area contributed by atoms with E-state index in [1.54, 1.807) is 13.0 Å². The number of carbonyl (C=O) groups excluding carboxylic acids is 2. The number of benzene rings is 2. The topological polar surface area (TPSA) is 84.9 Å². The second kappa shape index (κ2) is 11.5. The maximum absolute atomic E-state index is 12.0. The van der Waals surface area contributed by atoms with E-state index in [1.165, 1.54) is 12.2 Å². The van der Waals surface area contributed by atoms with E-state index in [0.29, 0.717) is 0 Å². The Morgan fingerprint density at radius 1 is 1.00 bits per heavy atom. The molecular formula is C23H25NO5. The molecular weight excluding hydrogens is 370 g/mol. The zero-order valence-corrected chi connectivity index (χ0v) is 16.3. The number of ether oxygens (including phenoxy) is 2. The van der Waals surface area contributed by atoms with Crippen molar-refractivity contribution in [3.63, 3.8) is 0 Å². The first kappa shape index (κ1) is 21.9. The van der Waals surface area contributed by atoms with Crippen molar-refractivity contribution in [2.45, 2.75) is 19.1 Å². The summed E-state index contributed by atoms with van der Waals surface area (Å²) in [5.74, 6) is -0.578. The molecule has 0 radical (unpaired) electrons. The van der Waals surface area contributed by atoms with Crippen LogP contribution in [-0.2, 0) is 20.9 Å². The number of carbonyl (C=O) groups is 2. The van der Waals surface area contributed by atoms with Crippen LogP contribution in [0.5, 0.6) is 0 Å². The van der Waals surface area contributed by atoms with E-state index in [4.69, 9.17) is 9.47 Å². The fourth-order valence-corrected chi connectivity index (χ4v) is 2.37. The first-order valence-corrected chi connectivity index (χ1v) is 9.28. The molecule has 1 amide bonds. The van der Waals surface area contributed by atoms with Gasteiger partial charge >= 0.3 is 12.1 Å². The van der Waals surface area contributed by atoms with Gasteiger partial charge in [-0.2, -0.15) is 0 Å². The molecule has 0 fully saturated rings. The Balaban J connectivity index is 2.00. The number of alkyl carbamates (subject to hydrolysis) is 1. The molecule has 2 aromatic rings. The van der Waals surface area contributed by atoms with E-state index in [-0.39, 0.29) is 19.8 Å². The summed E-state index contributed by atoms with van der Waals surface area (Å²) in [6, 6.07) is 18.6. The highest BCUT2D eigenvalue weighted by Crippen LogP contribution is 2.12. The fourth-order valence-electron chi connectivity index (χ4n) is 2.37. The normalized spacial score (nSPS) is 13.2. The third-order valence-electron chi connectivity index (χ3n) is 3.89. The number of hydrogen-bond donors (Lipinski definition) is 2. The number of amides is 1. The zero-order chi connectivity index (χ0) is 21.0. The summed E-state index contributed by atoms with van der Waals surface area (Å²) in [6.07, 6.45) is 4.93. The molecule has 2 rings (SSSR count). The molecule has 0 aliphatic heterocycles. The summed E-state index contributed by atoms with van der Waals surface area (Å²) < 4.78 is 9.99. The molecule has 0 aromatic heterocycles. The van der Waals surface area contributed by atoms with Crippen LogP contribution in [-0.4, -0.2) is 35.9 Å². The molecule has 0 aliphatic rings. The van der Waals surface area contributed by atoms with Gasteiger partial charge in [0, 0.05) is 6.08 Å². The molecule has 0 unspecified atom stereocenters. The highest BCUT2D eigenvalue weighted by Gasteiger charge is 2.22. The average Bonchev–Trinajstić information content (AvgIpc) is 2.75. The summed E-state index contributed by atoms with van der Waals surface area (Å²) in [5.41, 5.74) is 0.111. The van der Waals surface area contributed by atoms with Gasteiger partial charge in [-0.15, -0.1) is 0 Å². The Morgan fingerprint density at radius 3 is 2.31 bits per heavy atom. The van der Waals surface area contributed by atoms with E-state index >= 15 is 0 Å². The van der Waals surface area contributed by atoms with Crippen LogP contribution in [0.25, 0.3) is 6.08 Å². The van der Waals surface area contributed by atoms with Crippen molar-refractivity contribution in [1.29, 1.82) is 0 Å². The number of aliphatic hydroxyl groups is 1. The number of hydrogen-bond acceptors (Lipinski definition) is 5. The maximum atomic E-state index is 12.0. The molecule has 2 aromatic carbocycles. The van der Waals surface area contributed by atoms with Gasteiger partial charge in [-0.05, 0) is 30.2 Å². The molecule has 0 aliphatic carbocycles. The molecule has 6 nitrogen and oxygen atoms in total. The number of nitrogens with one attached hydrogen (secondary N) is 1. The van der Waals surface area contributed by atoms with Gasteiger partial charge < -0.3 is 19.9 Å². The SMILES string of the molecule is CCOC(=O)/C=C/[C@@](O)(/C=C/c1ccccc1)CNC(=O)OCc1ccccc1. The van der Waals surface area contributed by atoms with E-state index in [9.17, 15) is 14.7 Å². The maximum Gasteiger partial charge on any atom is 0.407 e. The molecule has 0 saturated heterocycles. The standard InChI is InChI=1S/C23H25NO5/c1-2-28-21(25)14-16-23(27,15-13-19-9-5-3-6-10-19)18-24-22(26)29-17-20-11-7-4-8-12-20/h3-16,27H,2,17-18H2,1H3,(H,24,26)/b15-13+,16-14+/t23-/m0/s1. The highest BCUT2D eigenvalue weighted by molar-refractivity contribution is 5.82. The summed E-state index contributed by atoms with van der Waals surface area (Å²) in [4.78, 5) is 23.6. The predicted molar refractivity (Wildman–Crippen MR) is 111 cm³/mol. The Kier molecular flexibility index (Phi) is 8.66. The number of esters is 1. The minimum atomic E-state index is -1.60. The monoisotopic (exact) mass is 395 g/mol. The van der Waals surface area contributed by atoms with Gasteiger partial charge in [0.15, 0.2) is 0 Å². The van der Waals surface area contributed by atoms with Gasteiger partial charge in [0.25, 0.3) is 0 Å². The second-order valence-electron chi connectivity index (χ2n) is 6.24. The van der Waals surface area contributed by atoms with Crippen molar-refractivity contribution in [2.24, 2.45) is 0 Å². The lowest BCUT2D eigenvalue weighted by Gasteiger charge is -2.21. The van der Waals surface area contributed by atoms with Crippen molar-refractivity contribution in [2.75, 3.05) is 13.2 Å². The highest BCUT2D eigenvalue weighted by atomic mass is 16.5. The zero-order valence-electron chi connectivity index (χ0n) is 16.3. The molecule has 0 heterocycles. The number of rotatable bonds is 9. The summed E-state index contributed by atoms with van der Waals surface area (Å²) >= 11 is 0. The van der Waals surface area contributed by atoms with E-state index < -0.39 is 17.7 Å². The van der Waals surface area contributed by atoms with Crippen molar-refractivity contribution >= 4 is 18.1 Å².